The van der Waals surface area contributed by atoms with Crippen molar-refractivity contribution in [3.63, 3.8) is 0 Å². The van der Waals surface area contributed by atoms with Crippen molar-refractivity contribution in [1.29, 1.82) is 0 Å². The summed E-state index contributed by atoms with van der Waals surface area (Å²) in [4.78, 5) is 12.1. The van der Waals surface area contributed by atoms with E-state index in [1.165, 1.54) is 12.7 Å². The molecule has 0 N–H and O–H groups in total. The first kappa shape index (κ1) is 21.2. The molecule has 0 bridgehead atoms. The third-order valence-electron chi connectivity index (χ3n) is 4.70. The number of esters is 1. The first-order valence-corrected chi connectivity index (χ1v) is 9.93. The van der Waals surface area contributed by atoms with Crippen molar-refractivity contribution in [3.8, 4) is 11.5 Å². The summed E-state index contributed by atoms with van der Waals surface area (Å²) in [7, 11) is 1.38. The normalized spacial score (nSPS) is 11.1. The van der Waals surface area contributed by atoms with Crippen LogP contribution in [0.5, 0.6) is 11.5 Å². The number of hydrogen-bond donors (Lipinski definition) is 0. The molecule has 30 heavy (non-hydrogen) atoms. The van der Waals surface area contributed by atoms with Gasteiger partial charge < -0.3 is 14.2 Å². The lowest BCUT2D eigenvalue weighted by atomic mass is 10.00. The average Bonchev–Trinajstić information content (AvgIpc) is 2.80. The van der Waals surface area contributed by atoms with Gasteiger partial charge in [0.25, 0.3) is 0 Å². The minimum atomic E-state index is -0.362. The number of carbonyl (C=O) groups is 1. The molecule has 0 amide bonds. The van der Waals surface area contributed by atoms with Crippen LogP contribution in [0.1, 0.15) is 23.6 Å². The van der Waals surface area contributed by atoms with Crippen LogP contribution < -0.4 is 9.47 Å². The van der Waals surface area contributed by atoms with Crippen LogP contribution in [-0.4, -0.2) is 19.7 Å². The van der Waals surface area contributed by atoms with Crippen LogP contribution in [0, 0.1) is 0 Å². The van der Waals surface area contributed by atoms with Gasteiger partial charge in [0.15, 0.2) is 0 Å². The Hall–Kier alpha value is -3.53. The second-order valence-electron chi connectivity index (χ2n) is 6.70. The van der Waals surface area contributed by atoms with Crippen LogP contribution in [-0.2, 0) is 22.6 Å². The fourth-order valence-corrected chi connectivity index (χ4v) is 3.15. The van der Waals surface area contributed by atoms with E-state index in [0.29, 0.717) is 24.5 Å². The highest BCUT2D eigenvalue weighted by Gasteiger charge is 2.15. The molecule has 0 atom stereocenters. The molecule has 154 valence electrons. The van der Waals surface area contributed by atoms with Crippen molar-refractivity contribution >= 4 is 11.5 Å². The van der Waals surface area contributed by atoms with E-state index in [2.05, 4.69) is 12.1 Å². The molecule has 0 aliphatic rings. The lowest BCUT2D eigenvalue weighted by Crippen LogP contribution is -2.07. The van der Waals surface area contributed by atoms with E-state index >= 15 is 0 Å². The number of methoxy groups -OCH3 is 1. The number of allylic oxidation sites excluding steroid dienone is 1. The van der Waals surface area contributed by atoms with E-state index in [1.807, 2.05) is 73.7 Å². The van der Waals surface area contributed by atoms with Gasteiger partial charge in [-0.2, -0.15) is 0 Å². The molecule has 0 saturated carbocycles. The molecular formula is C26H26O4. The fraction of sp³-hybridized carbons (Fsp3) is 0.192. The first-order chi connectivity index (χ1) is 14.7. The molecule has 0 heterocycles. The maximum atomic E-state index is 12.1. The van der Waals surface area contributed by atoms with E-state index in [9.17, 15) is 4.79 Å². The van der Waals surface area contributed by atoms with Crippen molar-refractivity contribution in [2.24, 2.45) is 0 Å². The average molecular weight is 402 g/mol. The zero-order chi connectivity index (χ0) is 21.2. The Bertz CT molecular complexity index is 993. The molecule has 3 aromatic carbocycles. The second-order valence-corrected chi connectivity index (χ2v) is 6.70. The summed E-state index contributed by atoms with van der Waals surface area (Å²) < 4.78 is 16.8. The maximum Gasteiger partial charge on any atom is 0.338 e. The predicted octanol–water partition coefficient (Wildman–Crippen LogP) is 5.46. The number of benzene rings is 3. The summed E-state index contributed by atoms with van der Waals surface area (Å²) >= 11 is 0. The minimum Gasteiger partial charge on any atom is -0.493 e. The summed E-state index contributed by atoms with van der Waals surface area (Å²) in [5, 5.41) is 0. The van der Waals surface area contributed by atoms with Gasteiger partial charge in [-0.15, -0.1) is 0 Å². The Morgan fingerprint density at radius 1 is 0.867 bits per heavy atom. The Morgan fingerprint density at radius 3 is 2.30 bits per heavy atom. The summed E-state index contributed by atoms with van der Waals surface area (Å²) in [5.74, 6) is 1.11. The van der Waals surface area contributed by atoms with Gasteiger partial charge in [0.2, 0.25) is 0 Å². The monoisotopic (exact) mass is 402 g/mol. The molecule has 0 aliphatic heterocycles. The highest BCUT2D eigenvalue weighted by molar-refractivity contribution is 6.16. The van der Waals surface area contributed by atoms with Crippen molar-refractivity contribution in [2.75, 3.05) is 13.7 Å². The van der Waals surface area contributed by atoms with E-state index in [0.717, 1.165) is 23.3 Å². The molecule has 0 fully saturated rings. The molecule has 0 aliphatic carbocycles. The number of rotatable bonds is 9. The topological polar surface area (TPSA) is 44.8 Å². The molecule has 0 saturated heterocycles. The zero-order valence-electron chi connectivity index (χ0n) is 17.3. The van der Waals surface area contributed by atoms with Crippen molar-refractivity contribution in [1.82, 2.24) is 0 Å². The largest absolute Gasteiger partial charge is 0.493 e. The summed E-state index contributed by atoms with van der Waals surface area (Å²) in [6.45, 7) is 2.75. The summed E-state index contributed by atoms with van der Waals surface area (Å²) in [6.07, 6.45) is 2.60. The Kier molecular flexibility index (Phi) is 7.67. The van der Waals surface area contributed by atoms with Gasteiger partial charge in [0.05, 0.1) is 19.3 Å². The van der Waals surface area contributed by atoms with Crippen LogP contribution in [0.2, 0.25) is 0 Å². The molecule has 3 aromatic rings. The van der Waals surface area contributed by atoms with E-state index < -0.39 is 0 Å². The second kappa shape index (κ2) is 10.9. The highest BCUT2D eigenvalue weighted by Crippen LogP contribution is 2.24. The van der Waals surface area contributed by atoms with Gasteiger partial charge in [-0.1, -0.05) is 66.7 Å². The maximum absolute atomic E-state index is 12.1. The number of carbonyl (C=O) groups excluding carboxylic acids is 1. The van der Waals surface area contributed by atoms with Crippen LogP contribution in [0.25, 0.3) is 5.57 Å². The molecule has 0 radical (unpaired) electrons. The first-order valence-electron chi connectivity index (χ1n) is 9.93. The zero-order valence-corrected chi connectivity index (χ0v) is 17.3. The van der Waals surface area contributed by atoms with Crippen LogP contribution in [0.3, 0.4) is 0 Å². The van der Waals surface area contributed by atoms with Gasteiger partial charge in [-0.05, 0) is 35.7 Å². The molecular weight excluding hydrogens is 376 g/mol. The lowest BCUT2D eigenvalue weighted by molar-refractivity contribution is -0.133. The third kappa shape index (κ3) is 5.74. The fourth-order valence-electron chi connectivity index (χ4n) is 3.15. The van der Waals surface area contributed by atoms with E-state index in [1.54, 1.807) is 6.08 Å². The lowest BCUT2D eigenvalue weighted by Gasteiger charge is -2.13. The van der Waals surface area contributed by atoms with Crippen molar-refractivity contribution in [2.45, 2.75) is 20.0 Å². The Balaban J connectivity index is 1.63. The standard InChI is InChI=1S/C26H26O4/c1-3-24(26(27)28-2)25-15-8-7-12-21(25)19-30-23-14-9-13-22(18-23)29-17-16-20-10-5-4-6-11-20/h3-15,18H,16-17,19H2,1-2H3. The van der Waals surface area contributed by atoms with E-state index in [4.69, 9.17) is 14.2 Å². The van der Waals surface area contributed by atoms with Crippen molar-refractivity contribution in [3.05, 3.63) is 102 Å². The molecule has 4 nitrogen and oxygen atoms in total. The van der Waals surface area contributed by atoms with Crippen LogP contribution in [0.15, 0.2) is 84.9 Å². The third-order valence-corrected chi connectivity index (χ3v) is 4.70. The van der Waals surface area contributed by atoms with Crippen LogP contribution in [0.4, 0.5) is 0 Å². The van der Waals surface area contributed by atoms with Crippen molar-refractivity contribution < 1.29 is 19.0 Å². The Labute approximate surface area is 177 Å². The highest BCUT2D eigenvalue weighted by atomic mass is 16.5. The van der Waals surface area contributed by atoms with Gasteiger partial charge in [0, 0.05) is 12.5 Å². The van der Waals surface area contributed by atoms with Gasteiger partial charge in [0.1, 0.15) is 18.1 Å². The SMILES string of the molecule is CC=C(C(=O)OC)c1ccccc1COc1cccc(OCCc2ccccc2)c1. The molecule has 4 heteroatoms. The van der Waals surface area contributed by atoms with Crippen LogP contribution >= 0.6 is 0 Å². The smallest absolute Gasteiger partial charge is 0.338 e. The molecule has 0 spiro atoms. The number of hydrogen-bond acceptors (Lipinski definition) is 4. The van der Waals surface area contributed by atoms with E-state index in [-0.39, 0.29) is 5.97 Å². The predicted molar refractivity (Wildman–Crippen MR) is 119 cm³/mol. The van der Waals surface area contributed by atoms with Gasteiger partial charge in [-0.25, -0.2) is 4.79 Å². The number of ether oxygens (including phenoxy) is 3. The molecule has 0 aromatic heterocycles. The van der Waals surface area contributed by atoms with Gasteiger partial charge in [-0.3, -0.25) is 0 Å². The summed E-state index contributed by atoms with van der Waals surface area (Å²) in [6, 6.07) is 25.5. The summed E-state index contributed by atoms with van der Waals surface area (Å²) in [5.41, 5.74) is 3.48. The van der Waals surface area contributed by atoms with Gasteiger partial charge >= 0.3 is 5.97 Å². The quantitative estimate of drug-likeness (QED) is 0.352. The minimum absolute atomic E-state index is 0.331. The molecule has 0 unspecified atom stereocenters. The molecule has 3 rings (SSSR count). The Morgan fingerprint density at radius 2 is 1.57 bits per heavy atom.